The maximum absolute atomic E-state index is 13.1. The SMILES string of the molecule is Cc1nc(-c2ccc(F)cc2)sc1C(=O)N[C@@H](CCCO)c1ccccc1. The summed E-state index contributed by atoms with van der Waals surface area (Å²) in [6, 6.07) is 15.6. The summed E-state index contributed by atoms with van der Waals surface area (Å²) in [4.78, 5) is 17.9. The highest BCUT2D eigenvalue weighted by Crippen LogP contribution is 2.29. The number of nitrogens with one attached hydrogen (secondary N) is 1. The number of amides is 1. The molecule has 0 aliphatic carbocycles. The average Bonchev–Trinajstić information content (AvgIpc) is 3.08. The number of hydrogen-bond acceptors (Lipinski definition) is 4. The van der Waals surface area contributed by atoms with Gasteiger partial charge in [-0.3, -0.25) is 4.79 Å². The van der Waals surface area contributed by atoms with Gasteiger partial charge in [0.25, 0.3) is 5.91 Å². The minimum absolute atomic E-state index is 0.0769. The Balaban J connectivity index is 1.81. The van der Waals surface area contributed by atoms with Crippen molar-refractivity contribution in [1.82, 2.24) is 10.3 Å². The number of halogens is 1. The van der Waals surface area contributed by atoms with Crippen LogP contribution in [0.5, 0.6) is 0 Å². The molecule has 1 atom stereocenters. The molecule has 2 aromatic carbocycles. The first-order chi connectivity index (χ1) is 13.1. The van der Waals surface area contributed by atoms with Crippen LogP contribution in [0.2, 0.25) is 0 Å². The standard InChI is InChI=1S/C21H21FN2O2S/c1-14-19(27-21(23-14)16-9-11-17(22)12-10-16)20(26)24-18(8-5-13-25)15-6-3-2-4-7-15/h2-4,6-7,9-12,18,25H,5,8,13H2,1H3,(H,24,26)/t18-/m0/s1. The lowest BCUT2D eigenvalue weighted by molar-refractivity contribution is 0.0935. The van der Waals surface area contributed by atoms with Crippen LogP contribution in [0.25, 0.3) is 10.6 Å². The zero-order valence-corrected chi connectivity index (χ0v) is 15.8. The van der Waals surface area contributed by atoms with E-state index in [0.29, 0.717) is 28.4 Å². The molecule has 4 nitrogen and oxygen atoms in total. The third-order valence-corrected chi connectivity index (χ3v) is 5.46. The van der Waals surface area contributed by atoms with Gasteiger partial charge in [-0.15, -0.1) is 11.3 Å². The summed E-state index contributed by atoms with van der Waals surface area (Å²) >= 11 is 1.29. The molecule has 0 radical (unpaired) electrons. The van der Waals surface area contributed by atoms with Gasteiger partial charge in [-0.25, -0.2) is 9.37 Å². The number of nitrogens with zero attached hydrogens (tertiary/aromatic N) is 1. The lowest BCUT2D eigenvalue weighted by Crippen LogP contribution is -2.28. The highest BCUT2D eigenvalue weighted by molar-refractivity contribution is 7.17. The second-order valence-corrected chi connectivity index (χ2v) is 7.24. The number of aromatic nitrogens is 1. The number of hydrogen-bond donors (Lipinski definition) is 2. The predicted molar refractivity (Wildman–Crippen MR) is 105 cm³/mol. The van der Waals surface area contributed by atoms with E-state index in [9.17, 15) is 9.18 Å². The largest absolute Gasteiger partial charge is 0.396 e. The van der Waals surface area contributed by atoms with Gasteiger partial charge in [0.1, 0.15) is 15.7 Å². The summed E-state index contributed by atoms with van der Waals surface area (Å²) in [7, 11) is 0. The van der Waals surface area contributed by atoms with E-state index in [0.717, 1.165) is 11.1 Å². The Bertz CT molecular complexity index is 894. The Labute approximate surface area is 161 Å². The fourth-order valence-electron chi connectivity index (χ4n) is 2.85. The molecule has 0 spiro atoms. The van der Waals surface area contributed by atoms with Crippen molar-refractivity contribution in [3.63, 3.8) is 0 Å². The van der Waals surface area contributed by atoms with Crippen molar-refractivity contribution >= 4 is 17.2 Å². The minimum Gasteiger partial charge on any atom is -0.396 e. The molecule has 6 heteroatoms. The van der Waals surface area contributed by atoms with Crippen LogP contribution in [0, 0.1) is 12.7 Å². The molecule has 0 saturated carbocycles. The summed E-state index contributed by atoms with van der Waals surface area (Å²) in [5.74, 6) is -0.496. The lowest BCUT2D eigenvalue weighted by atomic mass is 10.0. The maximum atomic E-state index is 13.1. The smallest absolute Gasteiger partial charge is 0.263 e. The number of thiazole rings is 1. The van der Waals surface area contributed by atoms with Gasteiger partial charge in [-0.2, -0.15) is 0 Å². The maximum Gasteiger partial charge on any atom is 0.263 e. The van der Waals surface area contributed by atoms with Gasteiger partial charge in [0.2, 0.25) is 0 Å². The molecule has 3 aromatic rings. The fourth-order valence-corrected chi connectivity index (χ4v) is 3.82. The van der Waals surface area contributed by atoms with Crippen molar-refractivity contribution in [3.8, 4) is 10.6 Å². The van der Waals surface area contributed by atoms with Crippen LogP contribution < -0.4 is 5.32 Å². The van der Waals surface area contributed by atoms with Gasteiger partial charge in [-0.1, -0.05) is 30.3 Å². The molecule has 0 bridgehead atoms. The van der Waals surface area contributed by atoms with Gasteiger partial charge in [0.05, 0.1) is 11.7 Å². The van der Waals surface area contributed by atoms with Crippen LogP contribution in [0.15, 0.2) is 54.6 Å². The first-order valence-corrected chi connectivity index (χ1v) is 9.60. The van der Waals surface area contributed by atoms with E-state index < -0.39 is 0 Å². The Morgan fingerprint density at radius 1 is 1.19 bits per heavy atom. The first kappa shape index (κ1) is 19.2. The highest BCUT2D eigenvalue weighted by atomic mass is 32.1. The zero-order chi connectivity index (χ0) is 19.2. The van der Waals surface area contributed by atoms with Crippen molar-refractivity contribution in [2.24, 2.45) is 0 Å². The highest BCUT2D eigenvalue weighted by Gasteiger charge is 2.20. The fraction of sp³-hybridized carbons (Fsp3) is 0.238. The van der Waals surface area contributed by atoms with Gasteiger partial charge in [0, 0.05) is 12.2 Å². The zero-order valence-electron chi connectivity index (χ0n) is 15.0. The summed E-state index contributed by atoms with van der Waals surface area (Å²) in [6.07, 6.45) is 1.25. The topological polar surface area (TPSA) is 62.2 Å². The third-order valence-electron chi connectivity index (χ3n) is 4.25. The molecule has 0 unspecified atom stereocenters. The predicted octanol–water partition coefficient (Wildman–Crippen LogP) is 4.50. The van der Waals surface area contributed by atoms with Crippen LogP contribution in [0.1, 0.15) is 39.8 Å². The molecular weight excluding hydrogens is 363 g/mol. The van der Waals surface area contributed by atoms with Crippen molar-refractivity contribution in [3.05, 3.63) is 76.5 Å². The molecule has 0 saturated heterocycles. The summed E-state index contributed by atoms with van der Waals surface area (Å²) in [6.45, 7) is 1.87. The number of aryl methyl sites for hydroxylation is 1. The molecule has 1 aromatic heterocycles. The van der Waals surface area contributed by atoms with Crippen LogP contribution >= 0.6 is 11.3 Å². The normalized spacial score (nSPS) is 12.0. The molecule has 2 N–H and O–H groups in total. The molecule has 1 heterocycles. The van der Waals surface area contributed by atoms with E-state index in [1.165, 1.54) is 23.5 Å². The molecule has 1 amide bonds. The van der Waals surface area contributed by atoms with E-state index >= 15 is 0 Å². The van der Waals surface area contributed by atoms with Gasteiger partial charge >= 0.3 is 0 Å². The summed E-state index contributed by atoms with van der Waals surface area (Å²) < 4.78 is 13.1. The summed E-state index contributed by atoms with van der Waals surface area (Å²) in [5.41, 5.74) is 2.43. The van der Waals surface area contributed by atoms with Gasteiger partial charge in [0.15, 0.2) is 0 Å². The number of aliphatic hydroxyl groups excluding tert-OH is 1. The number of rotatable bonds is 7. The Kier molecular flexibility index (Phi) is 6.32. The van der Waals surface area contributed by atoms with Crippen molar-refractivity contribution in [1.29, 1.82) is 0 Å². The van der Waals surface area contributed by atoms with E-state index in [4.69, 9.17) is 5.11 Å². The van der Waals surface area contributed by atoms with Crippen LogP contribution in [-0.2, 0) is 0 Å². The Hall–Kier alpha value is -2.57. The molecule has 0 fully saturated rings. The lowest BCUT2D eigenvalue weighted by Gasteiger charge is -2.18. The van der Waals surface area contributed by atoms with E-state index in [-0.39, 0.29) is 24.4 Å². The second-order valence-electron chi connectivity index (χ2n) is 6.24. The molecule has 0 aliphatic heterocycles. The van der Waals surface area contributed by atoms with Crippen molar-refractivity contribution < 1.29 is 14.3 Å². The molecule has 0 aliphatic rings. The number of carbonyl (C=O) groups excluding carboxylic acids is 1. The van der Waals surface area contributed by atoms with E-state index in [2.05, 4.69) is 10.3 Å². The van der Waals surface area contributed by atoms with Crippen molar-refractivity contribution in [2.45, 2.75) is 25.8 Å². The Morgan fingerprint density at radius 3 is 2.56 bits per heavy atom. The quantitative estimate of drug-likeness (QED) is 0.630. The van der Waals surface area contributed by atoms with Crippen LogP contribution in [-0.4, -0.2) is 22.6 Å². The Morgan fingerprint density at radius 2 is 1.89 bits per heavy atom. The number of aliphatic hydroxyl groups is 1. The monoisotopic (exact) mass is 384 g/mol. The minimum atomic E-state index is -0.306. The second kappa shape index (κ2) is 8.88. The van der Waals surface area contributed by atoms with Gasteiger partial charge in [-0.05, 0) is 49.6 Å². The molecule has 27 heavy (non-hydrogen) atoms. The van der Waals surface area contributed by atoms with Crippen LogP contribution in [0.4, 0.5) is 4.39 Å². The van der Waals surface area contributed by atoms with E-state index in [1.807, 2.05) is 30.3 Å². The summed E-state index contributed by atoms with van der Waals surface area (Å²) in [5, 5.41) is 12.9. The van der Waals surface area contributed by atoms with Gasteiger partial charge < -0.3 is 10.4 Å². The third kappa shape index (κ3) is 4.78. The number of benzene rings is 2. The van der Waals surface area contributed by atoms with Crippen molar-refractivity contribution in [2.75, 3.05) is 6.61 Å². The number of carbonyl (C=O) groups is 1. The average molecular weight is 384 g/mol. The molecule has 3 rings (SSSR count). The first-order valence-electron chi connectivity index (χ1n) is 8.78. The molecule has 140 valence electrons. The van der Waals surface area contributed by atoms with Crippen LogP contribution in [0.3, 0.4) is 0 Å². The molecular formula is C21H21FN2O2S. The van der Waals surface area contributed by atoms with E-state index in [1.54, 1.807) is 19.1 Å².